The van der Waals surface area contributed by atoms with Crippen LogP contribution in [0.4, 0.5) is 0 Å². The van der Waals surface area contributed by atoms with Crippen molar-refractivity contribution in [2.45, 2.75) is 26.9 Å². The first-order valence-electron chi connectivity index (χ1n) is 9.36. The van der Waals surface area contributed by atoms with Gasteiger partial charge in [0.1, 0.15) is 11.5 Å². The monoisotopic (exact) mass is 392 g/mol. The van der Waals surface area contributed by atoms with Crippen LogP contribution in [0.3, 0.4) is 0 Å². The van der Waals surface area contributed by atoms with Crippen LogP contribution < -0.4 is 20.3 Å². The maximum Gasteiger partial charge on any atom is 0.279 e. The van der Waals surface area contributed by atoms with Crippen molar-refractivity contribution in [3.63, 3.8) is 0 Å². The molecule has 2 N–H and O–H groups in total. The Morgan fingerprint density at radius 1 is 0.862 bits per heavy atom. The zero-order valence-corrected chi connectivity index (χ0v) is 16.7. The fourth-order valence-corrected chi connectivity index (χ4v) is 2.93. The molecular weight excluding hydrogens is 368 g/mol. The van der Waals surface area contributed by atoms with Gasteiger partial charge >= 0.3 is 0 Å². The highest BCUT2D eigenvalue weighted by Gasteiger charge is 2.16. The van der Waals surface area contributed by atoms with Gasteiger partial charge in [-0.3, -0.25) is 20.4 Å². The molecule has 150 valence electrons. The minimum atomic E-state index is -0.781. The molecule has 0 saturated heterocycles. The molecule has 0 unspecified atom stereocenters. The van der Waals surface area contributed by atoms with Gasteiger partial charge in [-0.25, -0.2) is 0 Å². The Balaban J connectivity index is 1.46. The van der Waals surface area contributed by atoms with Crippen molar-refractivity contribution in [1.82, 2.24) is 10.9 Å². The van der Waals surface area contributed by atoms with E-state index in [9.17, 15) is 9.59 Å². The number of hydrogen-bond acceptors (Lipinski definition) is 4. The molecule has 0 aliphatic heterocycles. The molecule has 0 spiro atoms. The fourth-order valence-electron chi connectivity index (χ4n) is 2.93. The van der Waals surface area contributed by atoms with Gasteiger partial charge in [-0.2, -0.15) is 0 Å². The maximum atomic E-state index is 12.2. The second-order valence-electron chi connectivity index (χ2n) is 6.92. The van der Waals surface area contributed by atoms with Crippen LogP contribution in [0, 0.1) is 13.8 Å². The molecule has 0 heterocycles. The van der Waals surface area contributed by atoms with E-state index in [0.717, 1.165) is 21.9 Å². The first-order chi connectivity index (χ1) is 13.9. The lowest BCUT2D eigenvalue weighted by atomic mass is 10.1. The number of ether oxygens (including phenoxy) is 2. The standard InChI is InChI=1S/C23H24N2O4/c1-15-10-16(2)12-21(11-15)28-14-22(26)24-25-23(27)17(3)29-20-9-8-18-6-4-5-7-19(18)13-20/h4-13,17H,14H2,1-3H3,(H,24,26)(H,25,27)/t17-/m1/s1. The number of carbonyl (C=O) groups is 2. The van der Waals surface area contributed by atoms with Crippen molar-refractivity contribution >= 4 is 22.6 Å². The number of hydrazine groups is 1. The van der Waals surface area contributed by atoms with Crippen LogP contribution in [0.15, 0.2) is 60.7 Å². The molecular formula is C23H24N2O4. The van der Waals surface area contributed by atoms with E-state index >= 15 is 0 Å². The lowest BCUT2D eigenvalue weighted by molar-refractivity contribution is -0.133. The SMILES string of the molecule is Cc1cc(C)cc(OCC(=O)NNC(=O)[C@@H](C)Oc2ccc3ccccc3c2)c1. The predicted molar refractivity (Wildman–Crippen MR) is 112 cm³/mol. The minimum absolute atomic E-state index is 0.205. The largest absolute Gasteiger partial charge is 0.484 e. The van der Waals surface area contributed by atoms with E-state index in [0.29, 0.717) is 11.5 Å². The molecule has 3 aromatic rings. The van der Waals surface area contributed by atoms with Gasteiger partial charge in [0.2, 0.25) is 0 Å². The van der Waals surface area contributed by atoms with Gasteiger partial charge < -0.3 is 9.47 Å². The molecule has 0 saturated carbocycles. The van der Waals surface area contributed by atoms with Gasteiger partial charge in [-0.15, -0.1) is 0 Å². The van der Waals surface area contributed by atoms with E-state index < -0.39 is 17.9 Å². The van der Waals surface area contributed by atoms with Crippen LogP contribution in [0.2, 0.25) is 0 Å². The molecule has 0 bridgehead atoms. The topological polar surface area (TPSA) is 76.7 Å². The first kappa shape index (κ1) is 20.2. The molecule has 3 rings (SSSR count). The Hall–Kier alpha value is -3.54. The molecule has 6 nitrogen and oxygen atoms in total. The number of aryl methyl sites for hydroxylation is 2. The second kappa shape index (κ2) is 9.10. The molecule has 0 fully saturated rings. The summed E-state index contributed by atoms with van der Waals surface area (Å²) in [6.07, 6.45) is -0.781. The molecule has 6 heteroatoms. The van der Waals surface area contributed by atoms with Crippen LogP contribution >= 0.6 is 0 Å². The Labute approximate surface area is 169 Å². The molecule has 1 atom stereocenters. The summed E-state index contributed by atoms with van der Waals surface area (Å²) in [5.74, 6) is 0.265. The van der Waals surface area contributed by atoms with Crippen molar-refractivity contribution in [2.75, 3.05) is 6.61 Å². The molecule has 0 radical (unpaired) electrons. The fraction of sp³-hybridized carbons (Fsp3) is 0.217. The average Bonchev–Trinajstić information content (AvgIpc) is 2.69. The third kappa shape index (κ3) is 5.72. The van der Waals surface area contributed by atoms with Crippen molar-refractivity contribution in [1.29, 1.82) is 0 Å². The normalized spacial score (nSPS) is 11.6. The predicted octanol–water partition coefficient (Wildman–Crippen LogP) is 3.45. The van der Waals surface area contributed by atoms with Crippen LogP contribution in [0.1, 0.15) is 18.1 Å². The Kier molecular flexibility index (Phi) is 6.34. The van der Waals surface area contributed by atoms with E-state index in [1.165, 1.54) is 0 Å². The highest BCUT2D eigenvalue weighted by atomic mass is 16.5. The maximum absolute atomic E-state index is 12.2. The summed E-state index contributed by atoms with van der Waals surface area (Å²) >= 11 is 0. The smallest absolute Gasteiger partial charge is 0.279 e. The van der Waals surface area contributed by atoms with Crippen molar-refractivity contribution in [3.05, 3.63) is 71.8 Å². The van der Waals surface area contributed by atoms with Gasteiger partial charge in [0, 0.05) is 0 Å². The summed E-state index contributed by atoms with van der Waals surface area (Å²) in [5.41, 5.74) is 6.79. The number of carbonyl (C=O) groups excluding carboxylic acids is 2. The van der Waals surface area contributed by atoms with Gasteiger partial charge in [0.15, 0.2) is 12.7 Å². The summed E-state index contributed by atoms with van der Waals surface area (Å²) in [4.78, 5) is 24.1. The molecule has 2 amide bonds. The average molecular weight is 392 g/mol. The van der Waals surface area contributed by atoms with Crippen molar-refractivity contribution in [2.24, 2.45) is 0 Å². The molecule has 0 aliphatic carbocycles. The summed E-state index contributed by atoms with van der Waals surface area (Å²) in [6.45, 7) is 5.32. The summed E-state index contributed by atoms with van der Waals surface area (Å²) in [7, 11) is 0. The van der Waals surface area contributed by atoms with Crippen molar-refractivity contribution in [3.8, 4) is 11.5 Å². The highest BCUT2D eigenvalue weighted by molar-refractivity contribution is 5.86. The highest BCUT2D eigenvalue weighted by Crippen LogP contribution is 2.21. The Bertz CT molecular complexity index is 1010. The number of amides is 2. The van der Waals surface area contributed by atoms with E-state index in [-0.39, 0.29) is 6.61 Å². The minimum Gasteiger partial charge on any atom is -0.484 e. The lowest BCUT2D eigenvalue weighted by Crippen LogP contribution is -2.48. The number of rotatable bonds is 6. The zero-order valence-electron chi connectivity index (χ0n) is 16.7. The third-order valence-electron chi connectivity index (χ3n) is 4.29. The lowest BCUT2D eigenvalue weighted by Gasteiger charge is -2.16. The van der Waals surface area contributed by atoms with E-state index in [1.54, 1.807) is 6.92 Å². The zero-order chi connectivity index (χ0) is 20.8. The number of hydrogen-bond donors (Lipinski definition) is 2. The van der Waals surface area contributed by atoms with Gasteiger partial charge in [-0.05, 0) is 66.9 Å². The van der Waals surface area contributed by atoms with Crippen LogP contribution in [0.5, 0.6) is 11.5 Å². The molecule has 3 aromatic carbocycles. The van der Waals surface area contributed by atoms with Crippen molar-refractivity contribution < 1.29 is 19.1 Å². The first-order valence-corrected chi connectivity index (χ1v) is 9.36. The number of benzene rings is 3. The molecule has 0 aromatic heterocycles. The van der Waals surface area contributed by atoms with Crippen LogP contribution in [-0.2, 0) is 9.59 Å². The van der Waals surface area contributed by atoms with Crippen LogP contribution in [-0.4, -0.2) is 24.5 Å². The Morgan fingerprint density at radius 3 is 2.28 bits per heavy atom. The van der Waals surface area contributed by atoms with Gasteiger partial charge in [0.05, 0.1) is 0 Å². The van der Waals surface area contributed by atoms with Gasteiger partial charge in [0.25, 0.3) is 11.8 Å². The van der Waals surface area contributed by atoms with Gasteiger partial charge in [-0.1, -0.05) is 36.4 Å². The van der Waals surface area contributed by atoms with Crippen LogP contribution in [0.25, 0.3) is 10.8 Å². The van der Waals surface area contributed by atoms with E-state index in [1.807, 2.05) is 74.5 Å². The summed E-state index contributed by atoms with van der Waals surface area (Å²) in [6, 6.07) is 19.2. The Morgan fingerprint density at radius 2 is 1.55 bits per heavy atom. The number of fused-ring (bicyclic) bond motifs is 1. The summed E-state index contributed by atoms with van der Waals surface area (Å²) < 4.78 is 11.1. The number of nitrogens with one attached hydrogen (secondary N) is 2. The van der Waals surface area contributed by atoms with E-state index in [4.69, 9.17) is 9.47 Å². The molecule has 29 heavy (non-hydrogen) atoms. The summed E-state index contributed by atoms with van der Waals surface area (Å²) in [5, 5.41) is 2.11. The third-order valence-corrected chi connectivity index (χ3v) is 4.29. The molecule has 0 aliphatic rings. The quantitative estimate of drug-likeness (QED) is 0.630. The second-order valence-corrected chi connectivity index (χ2v) is 6.92. The van der Waals surface area contributed by atoms with E-state index in [2.05, 4.69) is 10.9 Å².